The van der Waals surface area contributed by atoms with E-state index < -0.39 is 11.8 Å². The lowest BCUT2D eigenvalue weighted by molar-refractivity contribution is -0.140. The van der Waals surface area contributed by atoms with Crippen LogP contribution >= 0.6 is 11.6 Å². The molecule has 7 nitrogen and oxygen atoms in total. The number of amides is 2. The minimum absolute atomic E-state index is 0.0139. The molecular formula is C33H35ClN4O3. The fourth-order valence-corrected chi connectivity index (χ4v) is 4.94. The Balaban J connectivity index is 1.80. The molecule has 4 rings (SSSR count). The van der Waals surface area contributed by atoms with Crippen LogP contribution in [-0.2, 0) is 9.59 Å². The predicted octanol–water partition coefficient (Wildman–Crippen LogP) is 7.54. The first-order valence-electron chi connectivity index (χ1n) is 14.2. The molecule has 8 heteroatoms. The second-order valence-corrected chi connectivity index (χ2v) is 10.5. The molecule has 1 aromatic heterocycles. The number of para-hydroxylation sites is 1. The van der Waals surface area contributed by atoms with Crippen LogP contribution in [0.2, 0.25) is 5.02 Å². The van der Waals surface area contributed by atoms with Crippen molar-refractivity contribution in [3.8, 4) is 28.8 Å². The zero-order chi connectivity index (χ0) is 29.4. The van der Waals surface area contributed by atoms with Gasteiger partial charge < -0.3 is 4.74 Å². The van der Waals surface area contributed by atoms with Crippen molar-refractivity contribution in [1.29, 1.82) is 5.26 Å². The van der Waals surface area contributed by atoms with Crippen LogP contribution in [0.4, 0.5) is 0 Å². The summed E-state index contributed by atoms with van der Waals surface area (Å²) in [7, 11) is 0. The molecule has 0 atom stereocenters. The zero-order valence-corrected chi connectivity index (χ0v) is 24.6. The Bertz CT molecular complexity index is 1510. The highest BCUT2D eigenvalue weighted by Crippen LogP contribution is 2.34. The maximum Gasteiger partial charge on any atom is 0.271 e. The van der Waals surface area contributed by atoms with Gasteiger partial charge in [0, 0.05) is 29.4 Å². The van der Waals surface area contributed by atoms with E-state index in [1.54, 1.807) is 23.7 Å². The van der Waals surface area contributed by atoms with E-state index in [0.29, 0.717) is 46.2 Å². The Kier molecular flexibility index (Phi) is 10.2. The number of rotatable bonds is 12. The molecule has 2 aromatic carbocycles. The minimum Gasteiger partial charge on any atom is -0.492 e. The molecule has 1 aliphatic heterocycles. The van der Waals surface area contributed by atoms with Crippen LogP contribution < -0.4 is 4.74 Å². The van der Waals surface area contributed by atoms with E-state index >= 15 is 0 Å². The summed E-state index contributed by atoms with van der Waals surface area (Å²) in [6, 6.07) is 17.2. The van der Waals surface area contributed by atoms with Crippen molar-refractivity contribution >= 4 is 29.5 Å². The van der Waals surface area contributed by atoms with Gasteiger partial charge in [0.15, 0.2) is 0 Å². The average molecular weight is 571 g/mol. The number of aromatic nitrogens is 2. The highest BCUT2D eigenvalue weighted by Gasteiger charge is 2.35. The van der Waals surface area contributed by atoms with Gasteiger partial charge in [-0.1, -0.05) is 69.3 Å². The summed E-state index contributed by atoms with van der Waals surface area (Å²) in [4.78, 5) is 27.9. The van der Waals surface area contributed by atoms with Crippen LogP contribution in [0.25, 0.3) is 23.0 Å². The van der Waals surface area contributed by atoms with Gasteiger partial charge in [-0.25, -0.2) is 4.68 Å². The van der Waals surface area contributed by atoms with Gasteiger partial charge in [0.25, 0.3) is 11.8 Å². The SMILES string of the molecule is CCCCCCN1C(=O)C(C#N)=C(C)/C(=C\c2cn(-c3ccccc3)nc2-c2ccc(OCCCC)c(Cl)c2)C1=O. The highest BCUT2D eigenvalue weighted by molar-refractivity contribution is 6.32. The summed E-state index contributed by atoms with van der Waals surface area (Å²) >= 11 is 6.60. The normalized spacial score (nSPS) is 14.6. The molecule has 0 saturated heterocycles. The fraction of sp³-hybridized carbons (Fsp3) is 0.333. The first-order valence-corrected chi connectivity index (χ1v) is 14.5. The van der Waals surface area contributed by atoms with Crippen LogP contribution in [0.1, 0.15) is 64.9 Å². The number of nitriles is 1. The first-order chi connectivity index (χ1) is 19.9. The smallest absolute Gasteiger partial charge is 0.271 e. The number of halogens is 1. The number of carbonyl (C=O) groups excluding carboxylic acids is 2. The maximum absolute atomic E-state index is 13.7. The molecule has 0 aliphatic carbocycles. The van der Waals surface area contributed by atoms with Crippen molar-refractivity contribution in [2.75, 3.05) is 13.2 Å². The predicted molar refractivity (Wildman–Crippen MR) is 162 cm³/mol. The van der Waals surface area contributed by atoms with Gasteiger partial charge in [0.1, 0.15) is 23.1 Å². The second kappa shape index (κ2) is 14.0. The third kappa shape index (κ3) is 6.78. The van der Waals surface area contributed by atoms with Crippen molar-refractivity contribution in [3.63, 3.8) is 0 Å². The number of hydrogen-bond donors (Lipinski definition) is 0. The Morgan fingerprint density at radius 3 is 2.44 bits per heavy atom. The van der Waals surface area contributed by atoms with Crippen molar-refractivity contribution < 1.29 is 14.3 Å². The molecule has 41 heavy (non-hydrogen) atoms. The van der Waals surface area contributed by atoms with E-state index in [1.807, 2.05) is 54.7 Å². The van der Waals surface area contributed by atoms with E-state index in [9.17, 15) is 14.9 Å². The number of carbonyl (C=O) groups is 2. The van der Waals surface area contributed by atoms with E-state index in [1.165, 1.54) is 4.90 Å². The maximum atomic E-state index is 13.7. The molecular weight excluding hydrogens is 536 g/mol. The first kappa shape index (κ1) is 29.8. The number of ether oxygens (including phenoxy) is 1. The van der Waals surface area contributed by atoms with E-state index in [0.717, 1.165) is 43.4 Å². The molecule has 0 radical (unpaired) electrons. The van der Waals surface area contributed by atoms with E-state index in [2.05, 4.69) is 13.8 Å². The van der Waals surface area contributed by atoms with Crippen LogP contribution in [0.15, 0.2) is 71.4 Å². The quantitative estimate of drug-likeness (QED) is 0.127. The molecule has 2 heterocycles. The Morgan fingerprint density at radius 1 is 1.00 bits per heavy atom. The van der Waals surface area contributed by atoms with Crippen molar-refractivity contribution in [2.24, 2.45) is 0 Å². The number of unbranched alkanes of at least 4 members (excludes halogenated alkanes) is 4. The molecule has 3 aromatic rings. The minimum atomic E-state index is -0.533. The van der Waals surface area contributed by atoms with Gasteiger partial charge in [-0.05, 0) is 61.7 Å². The van der Waals surface area contributed by atoms with Crippen molar-refractivity contribution in [2.45, 2.75) is 59.3 Å². The lowest BCUT2D eigenvalue weighted by atomic mass is 9.93. The third-order valence-corrected chi connectivity index (χ3v) is 7.38. The van der Waals surface area contributed by atoms with Gasteiger partial charge in [-0.15, -0.1) is 0 Å². The number of hydrogen-bond acceptors (Lipinski definition) is 5. The molecule has 0 N–H and O–H groups in total. The lowest BCUT2D eigenvalue weighted by Crippen LogP contribution is -2.43. The number of imide groups is 1. The molecule has 0 unspecified atom stereocenters. The topological polar surface area (TPSA) is 88.2 Å². The van der Waals surface area contributed by atoms with Gasteiger partial charge in [0.05, 0.1) is 17.3 Å². The van der Waals surface area contributed by atoms with E-state index in [-0.39, 0.29) is 12.1 Å². The summed E-state index contributed by atoms with van der Waals surface area (Å²) in [6.45, 7) is 6.71. The second-order valence-electron chi connectivity index (χ2n) is 10.1. The lowest BCUT2D eigenvalue weighted by Gasteiger charge is -2.27. The highest BCUT2D eigenvalue weighted by atomic mass is 35.5. The Labute approximate surface area is 246 Å². The summed E-state index contributed by atoms with van der Waals surface area (Å²) < 4.78 is 7.57. The number of benzene rings is 2. The monoisotopic (exact) mass is 570 g/mol. The largest absolute Gasteiger partial charge is 0.492 e. The summed E-state index contributed by atoms with van der Waals surface area (Å²) in [6.07, 6.45) is 9.18. The van der Waals surface area contributed by atoms with Crippen molar-refractivity contribution in [1.82, 2.24) is 14.7 Å². The summed E-state index contributed by atoms with van der Waals surface area (Å²) in [5, 5.41) is 15.1. The Morgan fingerprint density at radius 2 is 1.76 bits per heavy atom. The molecule has 0 saturated carbocycles. The van der Waals surface area contributed by atoms with Crippen LogP contribution in [0.3, 0.4) is 0 Å². The van der Waals surface area contributed by atoms with Gasteiger partial charge >= 0.3 is 0 Å². The molecule has 2 amide bonds. The molecule has 0 bridgehead atoms. The average Bonchev–Trinajstić information content (AvgIpc) is 3.40. The van der Waals surface area contributed by atoms with Crippen LogP contribution in [0, 0.1) is 11.3 Å². The number of nitrogens with zero attached hydrogens (tertiary/aromatic N) is 4. The fourth-order valence-electron chi connectivity index (χ4n) is 4.71. The third-order valence-electron chi connectivity index (χ3n) is 7.08. The van der Waals surface area contributed by atoms with Crippen LogP contribution in [-0.4, -0.2) is 39.6 Å². The zero-order valence-electron chi connectivity index (χ0n) is 23.8. The summed E-state index contributed by atoms with van der Waals surface area (Å²) in [5.74, 6) is -0.336. The summed E-state index contributed by atoms with van der Waals surface area (Å²) in [5.41, 5.74) is 3.51. The Hall–Kier alpha value is -4.15. The van der Waals surface area contributed by atoms with Crippen LogP contribution in [0.5, 0.6) is 5.75 Å². The molecule has 212 valence electrons. The molecule has 0 spiro atoms. The molecule has 0 fully saturated rings. The van der Waals surface area contributed by atoms with E-state index in [4.69, 9.17) is 21.4 Å². The van der Waals surface area contributed by atoms with Crippen molar-refractivity contribution in [3.05, 3.63) is 82.0 Å². The molecule has 1 aliphatic rings. The standard InChI is InChI=1S/C33H35ClN4O3/c1-4-6-8-12-17-37-32(39)27(23(3)28(21-35)33(37)40)19-25-22-38(26-13-10-9-11-14-26)36-31(25)24-15-16-30(29(34)20-24)41-18-7-5-2/h9-11,13-16,19-20,22H,4-8,12,17-18H2,1-3H3/b27-19+. The van der Waals surface area contributed by atoms with Gasteiger partial charge in [-0.2, -0.15) is 10.4 Å². The van der Waals surface area contributed by atoms with Gasteiger partial charge in [-0.3, -0.25) is 14.5 Å². The van der Waals surface area contributed by atoms with Gasteiger partial charge in [0.2, 0.25) is 0 Å².